The van der Waals surface area contributed by atoms with Gasteiger partial charge in [-0.15, -0.1) is 0 Å². The van der Waals surface area contributed by atoms with Crippen LogP contribution in [0.25, 0.3) is 0 Å². The molecule has 2 aromatic rings. The molecule has 0 heterocycles. The van der Waals surface area contributed by atoms with E-state index in [4.69, 9.17) is 5.73 Å². The van der Waals surface area contributed by atoms with Gasteiger partial charge in [0.1, 0.15) is 5.82 Å². The fourth-order valence-electron chi connectivity index (χ4n) is 3.20. The van der Waals surface area contributed by atoms with Crippen LogP contribution in [0, 0.1) is 11.2 Å². The molecule has 0 aliphatic heterocycles. The van der Waals surface area contributed by atoms with E-state index in [1.807, 2.05) is 12.1 Å². The highest BCUT2D eigenvalue weighted by molar-refractivity contribution is 5.37. The summed E-state index contributed by atoms with van der Waals surface area (Å²) in [6.07, 6.45) is 0.713. The second kappa shape index (κ2) is 5.00. The van der Waals surface area contributed by atoms with Gasteiger partial charge in [-0.3, -0.25) is 0 Å². The highest BCUT2D eigenvalue weighted by Gasteiger charge is 2.42. The molecule has 0 radical (unpaired) electrons. The Balaban J connectivity index is 1.95. The minimum absolute atomic E-state index is 0.329. The highest BCUT2D eigenvalue weighted by atomic mass is 19.1. The van der Waals surface area contributed by atoms with E-state index in [2.05, 4.69) is 12.1 Å². The molecule has 1 aliphatic rings. The first kappa shape index (κ1) is 13.3. The van der Waals surface area contributed by atoms with Crippen molar-refractivity contribution in [3.63, 3.8) is 0 Å². The van der Waals surface area contributed by atoms with Gasteiger partial charge in [-0.2, -0.15) is 0 Å². The van der Waals surface area contributed by atoms with Gasteiger partial charge in [0.05, 0.1) is 6.10 Å². The molecule has 104 valence electrons. The fourth-order valence-corrected chi connectivity index (χ4v) is 3.20. The van der Waals surface area contributed by atoms with Gasteiger partial charge in [-0.05, 0) is 41.7 Å². The van der Waals surface area contributed by atoms with Crippen LogP contribution in [0.2, 0.25) is 0 Å². The second-order valence-electron chi connectivity index (χ2n) is 5.65. The number of hydrogen-bond acceptors (Lipinski definition) is 2. The maximum atomic E-state index is 13.4. The summed E-state index contributed by atoms with van der Waals surface area (Å²) in [6.45, 7) is 0.374. The molecule has 0 bridgehead atoms. The molecule has 0 spiro atoms. The molecule has 3 heteroatoms. The summed E-state index contributed by atoms with van der Waals surface area (Å²) in [7, 11) is 0. The van der Waals surface area contributed by atoms with Gasteiger partial charge in [-0.25, -0.2) is 4.39 Å². The third kappa shape index (κ3) is 2.13. The Bertz CT molecular complexity index is 601. The molecule has 0 aromatic heterocycles. The zero-order chi connectivity index (χ0) is 14.2. The third-order valence-corrected chi connectivity index (χ3v) is 4.35. The first-order valence-electron chi connectivity index (χ1n) is 6.85. The predicted octanol–water partition coefficient (Wildman–Crippen LogP) is 2.60. The summed E-state index contributed by atoms with van der Waals surface area (Å²) in [4.78, 5) is 0. The van der Waals surface area contributed by atoms with E-state index in [1.54, 1.807) is 12.1 Å². The normalized spacial score (nSPS) is 17.8. The number of nitrogens with two attached hydrogens (primary N) is 1. The molecule has 3 rings (SSSR count). The van der Waals surface area contributed by atoms with Crippen molar-refractivity contribution in [3.05, 3.63) is 71.0 Å². The number of hydrogen-bond donors (Lipinski definition) is 2. The molecule has 0 saturated carbocycles. The van der Waals surface area contributed by atoms with Crippen molar-refractivity contribution < 1.29 is 9.50 Å². The Morgan fingerprint density at radius 1 is 1.10 bits per heavy atom. The van der Waals surface area contributed by atoms with Crippen LogP contribution in [0.15, 0.2) is 48.5 Å². The van der Waals surface area contributed by atoms with Crippen LogP contribution in [0.1, 0.15) is 22.8 Å². The van der Waals surface area contributed by atoms with Crippen LogP contribution in [0.5, 0.6) is 0 Å². The molecule has 0 fully saturated rings. The number of benzene rings is 2. The zero-order valence-corrected chi connectivity index (χ0v) is 11.2. The summed E-state index contributed by atoms with van der Waals surface area (Å²) in [5.41, 5.74) is 8.60. The van der Waals surface area contributed by atoms with E-state index < -0.39 is 11.5 Å². The number of rotatable bonds is 3. The van der Waals surface area contributed by atoms with E-state index in [0.29, 0.717) is 12.1 Å². The van der Waals surface area contributed by atoms with Crippen LogP contribution in [0.4, 0.5) is 4.39 Å². The molecular formula is C17H18FNO. The van der Waals surface area contributed by atoms with Gasteiger partial charge in [0.2, 0.25) is 0 Å². The average Bonchev–Trinajstić information content (AvgIpc) is 2.86. The first-order valence-corrected chi connectivity index (χ1v) is 6.85. The molecule has 20 heavy (non-hydrogen) atoms. The Morgan fingerprint density at radius 3 is 2.30 bits per heavy atom. The SMILES string of the molecule is NCC1(C(O)c2cccc(F)c2)Cc2ccccc2C1. The Kier molecular flexibility index (Phi) is 3.32. The van der Waals surface area contributed by atoms with Gasteiger partial charge in [0.15, 0.2) is 0 Å². The Labute approximate surface area is 118 Å². The average molecular weight is 271 g/mol. The minimum atomic E-state index is -0.754. The number of aliphatic hydroxyl groups excluding tert-OH is 1. The molecule has 0 amide bonds. The highest BCUT2D eigenvalue weighted by Crippen LogP contribution is 2.45. The summed E-state index contributed by atoms with van der Waals surface area (Å²) in [5.74, 6) is -0.329. The summed E-state index contributed by atoms with van der Waals surface area (Å²) < 4.78 is 13.4. The standard InChI is InChI=1S/C17H18FNO/c18-15-7-3-6-12(8-15)16(20)17(11-19)9-13-4-1-2-5-14(13)10-17/h1-8,16,20H,9-11,19H2. The fraction of sp³-hybridized carbons (Fsp3) is 0.294. The molecular weight excluding hydrogens is 253 g/mol. The van der Waals surface area contributed by atoms with Gasteiger partial charge >= 0.3 is 0 Å². The van der Waals surface area contributed by atoms with Crippen molar-refractivity contribution in [1.29, 1.82) is 0 Å². The minimum Gasteiger partial charge on any atom is -0.388 e. The van der Waals surface area contributed by atoms with Gasteiger partial charge < -0.3 is 10.8 Å². The molecule has 2 nitrogen and oxygen atoms in total. The number of aliphatic hydroxyl groups is 1. The van der Waals surface area contributed by atoms with Crippen LogP contribution in [-0.4, -0.2) is 11.7 Å². The van der Waals surface area contributed by atoms with E-state index in [0.717, 1.165) is 12.8 Å². The van der Waals surface area contributed by atoms with Crippen molar-refractivity contribution in [2.24, 2.45) is 11.1 Å². The molecule has 1 unspecified atom stereocenters. The van der Waals surface area contributed by atoms with Gasteiger partial charge in [0, 0.05) is 12.0 Å². The summed E-state index contributed by atoms with van der Waals surface area (Å²) in [6, 6.07) is 14.3. The second-order valence-corrected chi connectivity index (χ2v) is 5.65. The maximum Gasteiger partial charge on any atom is 0.123 e. The Hall–Kier alpha value is -1.71. The van der Waals surface area contributed by atoms with Crippen LogP contribution in [0.3, 0.4) is 0 Å². The molecule has 2 aromatic carbocycles. The van der Waals surface area contributed by atoms with Crippen molar-refractivity contribution in [2.45, 2.75) is 18.9 Å². The van der Waals surface area contributed by atoms with Crippen molar-refractivity contribution >= 4 is 0 Å². The largest absolute Gasteiger partial charge is 0.388 e. The topological polar surface area (TPSA) is 46.2 Å². The van der Waals surface area contributed by atoms with Crippen LogP contribution >= 0.6 is 0 Å². The smallest absolute Gasteiger partial charge is 0.123 e. The maximum absolute atomic E-state index is 13.4. The lowest BCUT2D eigenvalue weighted by Crippen LogP contribution is -2.37. The Morgan fingerprint density at radius 2 is 1.75 bits per heavy atom. The molecule has 1 aliphatic carbocycles. The van der Waals surface area contributed by atoms with E-state index in [9.17, 15) is 9.50 Å². The monoisotopic (exact) mass is 271 g/mol. The molecule has 0 saturated heterocycles. The summed E-state index contributed by atoms with van der Waals surface area (Å²) >= 11 is 0. The lowest BCUT2D eigenvalue weighted by molar-refractivity contribution is 0.0356. The van der Waals surface area contributed by atoms with E-state index in [-0.39, 0.29) is 5.82 Å². The number of halogens is 1. The van der Waals surface area contributed by atoms with Crippen LogP contribution < -0.4 is 5.73 Å². The van der Waals surface area contributed by atoms with Crippen molar-refractivity contribution in [3.8, 4) is 0 Å². The van der Waals surface area contributed by atoms with Crippen LogP contribution in [-0.2, 0) is 12.8 Å². The van der Waals surface area contributed by atoms with Crippen molar-refractivity contribution in [2.75, 3.05) is 6.54 Å². The van der Waals surface area contributed by atoms with Gasteiger partial charge in [-0.1, -0.05) is 36.4 Å². The lowest BCUT2D eigenvalue weighted by atomic mass is 9.76. The number of fused-ring (bicyclic) bond motifs is 1. The summed E-state index contributed by atoms with van der Waals surface area (Å²) in [5, 5.41) is 10.7. The molecule has 1 atom stereocenters. The third-order valence-electron chi connectivity index (χ3n) is 4.35. The van der Waals surface area contributed by atoms with E-state index >= 15 is 0 Å². The van der Waals surface area contributed by atoms with E-state index in [1.165, 1.54) is 23.3 Å². The zero-order valence-electron chi connectivity index (χ0n) is 11.2. The predicted molar refractivity (Wildman–Crippen MR) is 76.7 cm³/mol. The lowest BCUT2D eigenvalue weighted by Gasteiger charge is -2.33. The van der Waals surface area contributed by atoms with Crippen molar-refractivity contribution in [1.82, 2.24) is 0 Å². The first-order chi connectivity index (χ1) is 9.64. The molecule has 3 N–H and O–H groups in total. The quantitative estimate of drug-likeness (QED) is 0.901. The van der Waals surface area contributed by atoms with Gasteiger partial charge in [0.25, 0.3) is 0 Å².